The molecule has 1 heterocycles. The van der Waals surface area contributed by atoms with E-state index in [1.54, 1.807) is 0 Å². The Morgan fingerprint density at radius 3 is 2.00 bits per heavy atom. The number of nitrogens with one attached hydrogen (secondary N) is 1. The van der Waals surface area contributed by atoms with E-state index < -0.39 is 0 Å². The summed E-state index contributed by atoms with van der Waals surface area (Å²) >= 11 is 6.30. The molecular formula is C32H20ClN. The Bertz CT molecular complexity index is 1880. The van der Waals surface area contributed by atoms with Crippen molar-refractivity contribution in [3.63, 3.8) is 0 Å². The highest BCUT2D eigenvalue weighted by Crippen LogP contribution is 2.37. The highest BCUT2D eigenvalue weighted by molar-refractivity contribution is 6.31. The molecule has 7 rings (SSSR count). The van der Waals surface area contributed by atoms with Gasteiger partial charge < -0.3 is 4.98 Å². The summed E-state index contributed by atoms with van der Waals surface area (Å²) < 4.78 is 0. The number of hydrogen-bond donors (Lipinski definition) is 1. The molecule has 7 aromatic rings. The molecule has 0 unspecified atom stereocenters. The molecule has 0 bridgehead atoms. The van der Waals surface area contributed by atoms with Gasteiger partial charge in [0.25, 0.3) is 0 Å². The minimum atomic E-state index is 0.754. The Labute approximate surface area is 202 Å². The van der Waals surface area contributed by atoms with Gasteiger partial charge in [0.1, 0.15) is 0 Å². The van der Waals surface area contributed by atoms with Crippen molar-refractivity contribution in [3.05, 3.63) is 120 Å². The number of fused-ring (bicyclic) bond motifs is 6. The first kappa shape index (κ1) is 19.4. The fourth-order valence-corrected chi connectivity index (χ4v) is 5.38. The molecule has 0 amide bonds. The third kappa shape index (κ3) is 3.02. The summed E-state index contributed by atoms with van der Waals surface area (Å²) in [5, 5.41) is 8.22. The maximum atomic E-state index is 6.30. The molecule has 0 saturated heterocycles. The van der Waals surface area contributed by atoms with E-state index in [1.165, 1.54) is 49.2 Å². The molecule has 0 aliphatic heterocycles. The average Bonchev–Trinajstić information content (AvgIpc) is 3.25. The lowest BCUT2D eigenvalue weighted by Crippen LogP contribution is -1.86. The fourth-order valence-electron chi connectivity index (χ4n) is 5.21. The first-order chi connectivity index (χ1) is 16.7. The summed E-state index contributed by atoms with van der Waals surface area (Å²) in [4.78, 5) is 3.50. The lowest BCUT2D eigenvalue weighted by atomic mass is 9.91. The van der Waals surface area contributed by atoms with Gasteiger partial charge in [-0.05, 0) is 86.3 Å². The smallest absolute Gasteiger partial charge is 0.0465 e. The predicted molar refractivity (Wildman–Crippen MR) is 147 cm³/mol. The molecule has 0 atom stereocenters. The van der Waals surface area contributed by atoms with E-state index in [1.807, 2.05) is 18.2 Å². The van der Waals surface area contributed by atoms with Gasteiger partial charge in [-0.2, -0.15) is 0 Å². The van der Waals surface area contributed by atoms with Crippen molar-refractivity contribution in [2.45, 2.75) is 0 Å². The normalized spacial score (nSPS) is 11.7. The molecule has 0 radical (unpaired) electrons. The first-order valence-corrected chi connectivity index (χ1v) is 11.8. The van der Waals surface area contributed by atoms with Gasteiger partial charge in [0.15, 0.2) is 0 Å². The van der Waals surface area contributed by atoms with Gasteiger partial charge in [0, 0.05) is 26.8 Å². The number of benzene rings is 6. The zero-order valence-corrected chi connectivity index (χ0v) is 19.1. The predicted octanol–water partition coefficient (Wildman–Crippen LogP) is 9.61. The number of rotatable bonds is 2. The minimum Gasteiger partial charge on any atom is -0.355 e. The molecule has 1 aromatic heterocycles. The zero-order valence-electron chi connectivity index (χ0n) is 18.3. The van der Waals surface area contributed by atoms with E-state index in [4.69, 9.17) is 11.6 Å². The quantitative estimate of drug-likeness (QED) is 0.251. The molecule has 160 valence electrons. The topological polar surface area (TPSA) is 15.8 Å². The Morgan fingerprint density at radius 1 is 0.441 bits per heavy atom. The number of aromatic nitrogens is 1. The molecular weight excluding hydrogens is 434 g/mol. The average molecular weight is 454 g/mol. The van der Waals surface area contributed by atoms with E-state index in [0.29, 0.717) is 0 Å². The molecule has 0 aliphatic carbocycles. The van der Waals surface area contributed by atoms with Crippen molar-refractivity contribution in [2.24, 2.45) is 0 Å². The van der Waals surface area contributed by atoms with Gasteiger partial charge in [-0.3, -0.25) is 0 Å². The molecule has 1 nitrogen and oxygen atoms in total. The van der Waals surface area contributed by atoms with Crippen LogP contribution in [-0.4, -0.2) is 4.98 Å². The molecule has 34 heavy (non-hydrogen) atoms. The lowest BCUT2D eigenvalue weighted by Gasteiger charge is -2.12. The van der Waals surface area contributed by atoms with Gasteiger partial charge in [0.2, 0.25) is 0 Å². The summed E-state index contributed by atoms with van der Waals surface area (Å²) in [5.74, 6) is 0. The van der Waals surface area contributed by atoms with Gasteiger partial charge in [0.05, 0.1) is 0 Å². The molecule has 1 N–H and O–H groups in total. The van der Waals surface area contributed by atoms with Crippen molar-refractivity contribution < 1.29 is 0 Å². The van der Waals surface area contributed by atoms with Crippen LogP contribution in [0.1, 0.15) is 0 Å². The molecule has 0 aliphatic rings. The maximum Gasteiger partial charge on any atom is 0.0465 e. The lowest BCUT2D eigenvalue weighted by molar-refractivity contribution is 1.54. The van der Waals surface area contributed by atoms with Gasteiger partial charge in [-0.25, -0.2) is 0 Å². The second-order valence-corrected chi connectivity index (χ2v) is 9.28. The monoisotopic (exact) mass is 453 g/mol. The van der Waals surface area contributed by atoms with Crippen LogP contribution in [0.5, 0.6) is 0 Å². The van der Waals surface area contributed by atoms with Crippen LogP contribution in [0.3, 0.4) is 0 Å². The van der Waals surface area contributed by atoms with Crippen LogP contribution in [0.4, 0.5) is 0 Å². The van der Waals surface area contributed by atoms with E-state index in [0.717, 1.165) is 21.4 Å². The summed E-state index contributed by atoms with van der Waals surface area (Å²) in [6.07, 6.45) is 0. The van der Waals surface area contributed by atoms with Crippen LogP contribution in [0, 0.1) is 0 Å². The van der Waals surface area contributed by atoms with Crippen molar-refractivity contribution in [1.29, 1.82) is 0 Å². The first-order valence-electron chi connectivity index (χ1n) is 11.5. The Balaban J connectivity index is 1.43. The Kier molecular flexibility index (Phi) is 4.27. The highest BCUT2D eigenvalue weighted by atomic mass is 35.5. The van der Waals surface area contributed by atoms with E-state index in [9.17, 15) is 0 Å². The second kappa shape index (κ2) is 7.48. The van der Waals surface area contributed by atoms with Crippen LogP contribution >= 0.6 is 11.6 Å². The van der Waals surface area contributed by atoms with Crippen molar-refractivity contribution >= 4 is 55.0 Å². The molecule has 0 spiro atoms. The van der Waals surface area contributed by atoms with Crippen LogP contribution < -0.4 is 0 Å². The minimum absolute atomic E-state index is 0.754. The summed E-state index contributed by atoms with van der Waals surface area (Å²) in [5.41, 5.74) is 7.11. The SMILES string of the molecule is Clc1ccc2[nH]c3ccc(-c4cccc(-c5cc6ccccc6c6ccccc56)c4)cc3c2c1. The van der Waals surface area contributed by atoms with Gasteiger partial charge >= 0.3 is 0 Å². The van der Waals surface area contributed by atoms with Crippen LogP contribution in [0.15, 0.2) is 115 Å². The molecule has 0 fully saturated rings. The third-order valence-electron chi connectivity index (χ3n) is 6.84. The van der Waals surface area contributed by atoms with Crippen LogP contribution in [0.25, 0.3) is 65.6 Å². The number of halogens is 1. The Morgan fingerprint density at radius 2 is 1.12 bits per heavy atom. The molecule has 2 heteroatoms. The van der Waals surface area contributed by atoms with Crippen molar-refractivity contribution in [2.75, 3.05) is 0 Å². The summed E-state index contributed by atoms with van der Waals surface area (Å²) in [7, 11) is 0. The number of hydrogen-bond acceptors (Lipinski definition) is 0. The van der Waals surface area contributed by atoms with Crippen molar-refractivity contribution in [3.8, 4) is 22.3 Å². The second-order valence-electron chi connectivity index (χ2n) is 8.85. The Hall–Kier alpha value is -4.07. The zero-order chi connectivity index (χ0) is 22.6. The van der Waals surface area contributed by atoms with Crippen LogP contribution in [-0.2, 0) is 0 Å². The maximum absolute atomic E-state index is 6.30. The molecule has 0 saturated carbocycles. The van der Waals surface area contributed by atoms with Crippen LogP contribution in [0.2, 0.25) is 5.02 Å². The standard InChI is InChI=1S/C32H20ClN/c33-24-13-15-32-30(19-24)29-17-21(12-14-31(29)34-32)20-7-5-8-22(16-20)28-18-23-6-1-2-9-25(23)26-10-3-4-11-27(26)28/h1-19,34H. The number of aromatic amines is 1. The fraction of sp³-hybridized carbons (Fsp3) is 0. The van der Waals surface area contributed by atoms with Gasteiger partial charge in [-0.1, -0.05) is 84.4 Å². The van der Waals surface area contributed by atoms with E-state index in [-0.39, 0.29) is 0 Å². The molecule has 6 aromatic carbocycles. The highest BCUT2D eigenvalue weighted by Gasteiger charge is 2.11. The number of H-pyrrole nitrogens is 1. The third-order valence-corrected chi connectivity index (χ3v) is 7.07. The van der Waals surface area contributed by atoms with Gasteiger partial charge in [-0.15, -0.1) is 0 Å². The van der Waals surface area contributed by atoms with E-state index >= 15 is 0 Å². The summed E-state index contributed by atoms with van der Waals surface area (Å²) in [6.45, 7) is 0. The summed E-state index contributed by atoms with van der Waals surface area (Å²) in [6, 6.07) is 41.2. The largest absolute Gasteiger partial charge is 0.355 e. The van der Waals surface area contributed by atoms with Crippen molar-refractivity contribution in [1.82, 2.24) is 4.98 Å². The van der Waals surface area contributed by atoms with E-state index in [2.05, 4.69) is 102 Å².